The van der Waals surface area contributed by atoms with Crippen molar-refractivity contribution in [2.75, 3.05) is 6.61 Å². The van der Waals surface area contributed by atoms with Crippen LogP contribution < -0.4 is 4.74 Å². The number of rotatable bonds is 2. The molecule has 0 fully saturated rings. The van der Waals surface area contributed by atoms with Crippen LogP contribution in [0.25, 0.3) is 11.1 Å². The zero-order chi connectivity index (χ0) is 19.3. The number of allylic oxidation sites excluding steroid dienone is 2. The van der Waals surface area contributed by atoms with Gasteiger partial charge in [0.25, 0.3) is 0 Å². The maximum absolute atomic E-state index is 12.9. The van der Waals surface area contributed by atoms with Crippen molar-refractivity contribution in [1.29, 1.82) is 0 Å². The maximum Gasteiger partial charge on any atom is 0.187 e. The van der Waals surface area contributed by atoms with E-state index in [1.807, 2.05) is 6.92 Å². The minimum atomic E-state index is -0.131. The molecule has 3 heteroatoms. The Balaban J connectivity index is 2.14. The van der Waals surface area contributed by atoms with E-state index >= 15 is 0 Å². The lowest BCUT2D eigenvalue weighted by atomic mass is 9.72. The SMILES string of the molecule is CCOc1cc2c(c3c1CCc1cccc(C(C)(C)C)c1-3)C(=O)C=CC2=O. The van der Waals surface area contributed by atoms with Gasteiger partial charge in [0.05, 0.1) is 6.61 Å². The van der Waals surface area contributed by atoms with E-state index in [1.54, 1.807) is 6.07 Å². The second kappa shape index (κ2) is 6.19. The lowest BCUT2D eigenvalue weighted by Crippen LogP contribution is -2.21. The number of hydrogen-bond donors (Lipinski definition) is 0. The topological polar surface area (TPSA) is 43.4 Å². The number of hydrogen-bond acceptors (Lipinski definition) is 3. The van der Waals surface area contributed by atoms with Crippen molar-refractivity contribution in [3.8, 4) is 16.9 Å². The minimum absolute atomic E-state index is 0.0774. The van der Waals surface area contributed by atoms with Gasteiger partial charge >= 0.3 is 0 Å². The van der Waals surface area contributed by atoms with Gasteiger partial charge in [-0.05, 0) is 60.1 Å². The first-order chi connectivity index (χ1) is 12.8. The van der Waals surface area contributed by atoms with E-state index in [0.29, 0.717) is 17.7 Å². The van der Waals surface area contributed by atoms with Crippen LogP contribution in [0.15, 0.2) is 36.4 Å². The van der Waals surface area contributed by atoms with Gasteiger partial charge in [0, 0.05) is 22.3 Å². The zero-order valence-corrected chi connectivity index (χ0v) is 16.3. The molecule has 0 saturated heterocycles. The number of aryl methyl sites for hydroxylation is 1. The summed E-state index contributed by atoms with van der Waals surface area (Å²) >= 11 is 0. The molecule has 0 N–H and O–H groups in total. The van der Waals surface area contributed by atoms with Gasteiger partial charge in [0.15, 0.2) is 11.6 Å². The molecule has 2 aliphatic carbocycles. The van der Waals surface area contributed by atoms with Crippen molar-refractivity contribution in [1.82, 2.24) is 0 Å². The predicted molar refractivity (Wildman–Crippen MR) is 107 cm³/mol. The molecule has 0 aromatic heterocycles. The van der Waals surface area contributed by atoms with E-state index in [1.165, 1.54) is 23.3 Å². The van der Waals surface area contributed by atoms with E-state index in [2.05, 4.69) is 39.0 Å². The number of ether oxygens (including phenoxy) is 1. The average Bonchev–Trinajstić information content (AvgIpc) is 2.63. The Labute approximate surface area is 160 Å². The van der Waals surface area contributed by atoms with Gasteiger partial charge in [0.2, 0.25) is 0 Å². The van der Waals surface area contributed by atoms with Gasteiger partial charge in [-0.3, -0.25) is 9.59 Å². The van der Waals surface area contributed by atoms with Crippen LogP contribution in [0.2, 0.25) is 0 Å². The van der Waals surface area contributed by atoms with Crippen LogP contribution in [0.1, 0.15) is 65.1 Å². The van der Waals surface area contributed by atoms with Crippen LogP contribution in [-0.4, -0.2) is 18.2 Å². The van der Waals surface area contributed by atoms with Gasteiger partial charge in [-0.1, -0.05) is 39.0 Å². The first-order valence-electron chi connectivity index (χ1n) is 9.55. The molecule has 27 heavy (non-hydrogen) atoms. The van der Waals surface area contributed by atoms with Gasteiger partial charge in [-0.15, -0.1) is 0 Å². The highest BCUT2D eigenvalue weighted by Crippen LogP contribution is 2.47. The molecular weight excluding hydrogens is 336 g/mol. The van der Waals surface area contributed by atoms with Crippen molar-refractivity contribution in [3.63, 3.8) is 0 Å². The molecule has 0 aliphatic heterocycles. The standard InChI is InChI=1S/C24H24O3/c1-5-27-20-13-16-18(25)11-12-19(26)22(16)23-15(20)10-9-14-7-6-8-17(21(14)23)24(2,3)4/h6-8,11-13H,5,9-10H2,1-4H3. The molecule has 0 unspecified atom stereocenters. The number of benzene rings is 2. The molecule has 0 bridgehead atoms. The van der Waals surface area contributed by atoms with Crippen LogP contribution >= 0.6 is 0 Å². The summed E-state index contributed by atoms with van der Waals surface area (Å²) in [5.74, 6) is 0.506. The van der Waals surface area contributed by atoms with Crippen LogP contribution in [0.4, 0.5) is 0 Å². The molecule has 2 aromatic rings. The van der Waals surface area contributed by atoms with Crippen LogP contribution in [0, 0.1) is 0 Å². The molecule has 2 aliphatic rings. The minimum Gasteiger partial charge on any atom is -0.494 e. The van der Waals surface area contributed by atoms with Gasteiger partial charge in [0.1, 0.15) is 5.75 Å². The highest BCUT2D eigenvalue weighted by atomic mass is 16.5. The van der Waals surface area contributed by atoms with Crippen molar-refractivity contribution >= 4 is 11.6 Å². The zero-order valence-electron chi connectivity index (χ0n) is 16.3. The quantitative estimate of drug-likeness (QED) is 0.750. The third-order valence-corrected chi connectivity index (χ3v) is 5.44. The Morgan fingerprint density at radius 1 is 0.963 bits per heavy atom. The van der Waals surface area contributed by atoms with Crippen molar-refractivity contribution in [2.45, 2.75) is 46.0 Å². The smallest absolute Gasteiger partial charge is 0.187 e. The second-order valence-corrected chi connectivity index (χ2v) is 8.24. The maximum atomic E-state index is 12.9. The Bertz CT molecular complexity index is 1000. The average molecular weight is 360 g/mol. The lowest BCUT2D eigenvalue weighted by Gasteiger charge is -2.32. The first kappa shape index (κ1) is 17.7. The van der Waals surface area contributed by atoms with E-state index in [4.69, 9.17) is 4.74 Å². The van der Waals surface area contributed by atoms with Crippen molar-refractivity contribution in [3.05, 3.63) is 64.2 Å². The van der Waals surface area contributed by atoms with E-state index in [9.17, 15) is 9.59 Å². The molecule has 0 atom stereocenters. The Morgan fingerprint density at radius 3 is 2.41 bits per heavy atom. The number of fused-ring (bicyclic) bond motifs is 5. The highest BCUT2D eigenvalue weighted by molar-refractivity contribution is 6.25. The summed E-state index contributed by atoms with van der Waals surface area (Å²) in [5.41, 5.74) is 6.43. The van der Waals surface area contributed by atoms with Gasteiger partial charge in [-0.2, -0.15) is 0 Å². The summed E-state index contributed by atoms with van der Waals surface area (Å²) < 4.78 is 5.91. The van der Waals surface area contributed by atoms with Crippen LogP contribution in [0.3, 0.4) is 0 Å². The second-order valence-electron chi connectivity index (χ2n) is 8.24. The molecular formula is C24H24O3. The lowest BCUT2D eigenvalue weighted by molar-refractivity contribution is 0.0994. The highest BCUT2D eigenvalue weighted by Gasteiger charge is 2.34. The van der Waals surface area contributed by atoms with Crippen LogP contribution in [0.5, 0.6) is 5.75 Å². The van der Waals surface area contributed by atoms with E-state index in [0.717, 1.165) is 35.3 Å². The van der Waals surface area contributed by atoms with E-state index in [-0.39, 0.29) is 17.0 Å². The van der Waals surface area contributed by atoms with Crippen molar-refractivity contribution < 1.29 is 14.3 Å². The van der Waals surface area contributed by atoms with Crippen LogP contribution in [-0.2, 0) is 18.3 Å². The Kier molecular flexibility index (Phi) is 4.06. The summed E-state index contributed by atoms with van der Waals surface area (Å²) in [4.78, 5) is 25.4. The third-order valence-electron chi connectivity index (χ3n) is 5.44. The molecule has 2 aromatic carbocycles. The molecule has 0 saturated carbocycles. The normalized spacial score (nSPS) is 15.3. The van der Waals surface area contributed by atoms with Gasteiger partial charge in [-0.25, -0.2) is 0 Å². The molecule has 0 spiro atoms. The number of carbonyl (C=O) groups is 2. The summed E-state index contributed by atoms with van der Waals surface area (Å²) in [6, 6.07) is 8.14. The molecule has 3 nitrogen and oxygen atoms in total. The number of ketones is 2. The molecule has 4 rings (SSSR count). The Morgan fingerprint density at radius 2 is 1.70 bits per heavy atom. The largest absolute Gasteiger partial charge is 0.494 e. The first-order valence-corrected chi connectivity index (χ1v) is 9.55. The molecule has 138 valence electrons. The predicted octanol–water partition coefficient (Wildman–Crippen LogP) is 5.08. The monoisotopic (exact) mass is 360 g/mol. The summed E-state index contributed by atoms with van der Waals surface area (Å²) in [7, 11) is 0. The fourth-order valence-corrected chi connectivity index (χ4v) is 4.27. The number of carbonyl (C=O) groups excluding carboxylic acids is 2. The fourth-order valence-electron chi connectivity index (χ4n) is 4.27. The molecule has 0 radical (unpaired) electrons. The van der Waals surface area contributed by atoms with Crippen molar-refractivity contribution in [2.24, 2.45) is 0 Å². The molecule has 0 heterocycles. The summed E-state index contributed by atoms with van der Waals surface area (Å²) in [6.07, 6.45) is 4.48. The molecule has 0 amide bonds. The Hall–Kier alpha value is -2.68. The third kappa shape index (κ3) is 2.73. The van der Waals surface area contributed by atoms with E-state index < -0.39 is 0 Å². The fraction of sp³-hybridized carbons (Fsp3) is 0.333. The summed E-state index contributed by atoms with van der Waals surface area (Å²) in [6.45, 7) is 9.01. The van der Waals surface area contributed by atoms with Gasteiger partial charge < -0.3 is 4.74 Å². The summed E-state index contributed by atoms with van der Waals surface area (Å²) in [5, 5.41) is 0.